The average molecular weight is 277 g/mol. The van der Waals surface area contributed by atoms with Crippen molar-refractivity contribution < 1.29 is 0 Å². The molecule has 0 aliphatic rings. The van der Waals surface area contributed by atoms with Crippen LogP contribution in [0.3, 0.4) is 0 Å². The number of nitrogens with two attached hydrogens (primary N) is 1. The van der Waals surface area contributed by atoms with Crippen molar-refractivity contribution in [3.63, 3.8) is 0 Å². The van der Waals surface area contributed by atoms with Crippen LogP contribution in [0.15, 0.2) is 17.5 Å². The molecule has 0 aliphatic heterocycles. The van der Waals surface area contributed by atoms with Gasteiger partial charge in [-0.2, -0.15) is 9.97 Å². The topological polar surface area (TPSA) is 75.9 Å². The van der Waals surface area contributed by atoms with Crippen molar-refractivity contribution in [3.8, 4) is 0 Å². The summed E-state index contributed by atoms with van der Waals surface area (Å²) in [6, 6.07) is 4.04. The Morgan fingerprint density at radius 1 is 1.21 bits per heavy atom. The summed E-state index contributed by atoms with van der Waals surface area (Å²) in [5.41, 5.74) is 7.08. The molecule has 0 amide bonds. The zero-order valence-electron chi connectivity index (χ0n) is 11.2. The molecule has 19 heavy (non-hydrogen) atoms. The lowest BCUT2D eigenvalue weighted by molar-refractivity contribution is 1.05. The van der Waals surface area contributed by atoms with Crippen LogP contribution in [0.5, 0.6) is 0 Å². The minimum atomic E-state index is 0.280. The summed E-state index contributed by atoms with van der Waals surface area (Å²) in [5, 5.41) is 8.56. The van der Waals surface area contributed by atoms with Crippen LogP contribution < -0.4 is 16.4 Å². The van der Waals surface area contributed by atoms with E-state index in [9.17, 15) is 0 Å². The second-order valence-corrected chi connectivity index (χ2v) is 5.10. The van der Waals surface area contributed by atoms with Gasteiger partial charge in [-0.05, 0) is 30.4 Å². The Bertz CT molecular complexity index is 538. The van der Waals surface area contributed by atoms with Crippen molar-refractivity contribution in [2.24, 2.45) is 0 Å². The number of hydrogen-bond donors (Lipinski definition) is 3. The van der Waals surface area contributed by atoms with E-state index in [0.29, 0.717) is 0 Å². The quantitative estimate of drug-likeness (QED) is 0.757. The molecule has 5 nitrogen and oxygen atoms in total. The van der Waals surface area contributed by atoms with Crippen LogP contribution >= 0.6 is 11.3 Å². The number of nitrogen functional groups attached to an aromatic ring is 1. The fraction of sp³-hybridized carbons (Fsp3) is 0.385. The first-order chi connectivity index (χ1) is 9.22. The van der Waals surface area contributed by atoms with Gasteiger partial charge in [0.1, 0.15) is 11.6 Å². The third kappa shape index (κ3) is 3.57. The second kappa shape index (κ2) is 6.38. The highest BCUT2D eigenvalue weighted by molar-refractivity contribution is 7.10. The van der Waals surface area contributed by atoms with E-state index < -0.39 is 0 Å². The molecule has 2 aromatic heterocycles. The highest BCUT2D eigenvalue weighted by atomic mass is 32.1. The van der Waals surface area contributed by atoms with Crippen molar-refractivity contribution in [2.45, 2.75) is 26.8 Å². The largest absolute Gasteiger partial charge is 0.370 e. The highest BCUT2D eigenvalue weighted by Crippen LogP contribution is 2.19. The fourth-order valence-corrected chi connectivity index (χ4v) is 2.75. The van der Waals surface area contributed by atoms with E-state index in [2.05, 4.69) is 39.0 Å². The SMILES string of the molecule is CCNc1cc(NCc2sccc2CC)nc(N)n1. The lowest BCUT2D eigenvalue weighted by Crippen LogP contribution is -2.07. The van der Waals surface area contributed by atoms with Crippen molar-refractivity contribution in [3.05, 3.63) is 28.0 Å². The number of hydrogen-bond acceptors (Lipinski definition) is 6. The predicted molar refractivity (Wildman–Crippen MR) is 81.6 cm³/mol. The van der Waals surface area contributed by atoms with Crippen LogP contribution in [0.4, 0.5) is 17.6 Å². The van der Waals surface area contributed by atoms with Gasteiger partial charge in [-0.1, -0.05) is 6.92 Å². The molecule has 0 saturated heterocycles. The van der Waals surface area contributed by atoms with Crippen LogP contribution in [-0.4, -0.2) is 16.5 Å². The van der Waals surface area contributed by atoms with Crippen molar-refractivity contribution in [1.29, 1.82) is 0 Å². The molecule has 6 heteroatoms. The van der Waals surface area contributed by atoms with Crippen LogP contribution in [0.2, 0.25) is 0 Å². The Labute approximate surface area is 117 Å². The number of aromatic nitrogens is 2. The maximum atomic E-state index is 5.70. The predicted octanol–water partition coefficient (Wildman–Crippen LogP) is 2.73. The van der Waals surface area contributed by atoms with Gasteiger partial charge in [0, 0.05) is 17.5 Å². The number of thiophene rings is 1. The molecular formula is C13H19N5S. The Balaban J connectivity index is 2.06. The minimum Gasteiger partial charge on any atom is -0.370 e. The lowest BCUT2D eigenvalue weighted by atomic mass is 10.2. The molecule has 102 valence electrons. The summed E-state index contributed by atoms with van der Waals surface area (Å²) in [4.78, 5) is 9.65. The van der Waals surface area contributed by atoms with Crippen molar-refractivity contribution in [1.82, 2.24) is 9.97 Å². The van der Waals surface area contributed by atoms with Gasteiger partial charge < -0.3 is 16.4 Å². The second-order valence-electron chi connectivity index (χ2n) is 4.10. The molecule has 0 saturated carbocycles. The third-order valence-electron chi connectivity index (χ3n) is 2.75. The van der Waals surface area contributed by atoms with E-state index in [-0.39, 0.29) is 5.95 Å². The van der Waals surface area contributed by atoms with Crippen molar-refractivity contribution in [2.75, 3.05) is 22.9 Å². The molecule has 0 atom stereocenters. The van der Waals surface area contributed by atoms with Crippen LogP contribution in [-0.2, 0) is 13.0 Å². The van der Waals surface area contributed by atoms with E-state index in [0.717, 1.165) is 31.1 Å². The molecule has 0 fully saturated rings. The molecule has 0 spiro atoms. The minimum absolute atomic E-state index is 0.280. The van der Waals surface area contributed by atoms with Gasteiger partial charge in [0.25, 0.3) is 0 Å². The van der Waals surface area contributed by atoms with Crippen LogP contribution in [0, 0.1) is 0 Å². The number of anilines is 3. The maximum absolute atomic E-state index is 5.70. The van der Waals surface area contributed by atoms with Gasteiger partial charge in [-0.15, -0.1) is 11.3 Å². The van der Waals surface area contributed by atoms with Crippen molar-refractivity contribution >= 4 is 28.9 Å². The van der Waals surface area contributed by atoms with Crippen LogP contribution in [0.1, 0.15) is 24.3 Å². The normalized spacial score (nSPS) is 10.4. The monoisotopic (exact) mass is 277 g/mol. The lowest BCUT2D eigenvalue weighted by Gasteiger charge is -2.09. The summed E-state index contributed by atoms with van der Waals surface area (Å²) in [5.74, 6) is 1.78. The Morgan fingerprint density at radius 2 is 1.95 bits per heavy atom. The molecule has 0 aromatic carbocycles. The van der Waals surface area contributed by atoms with E-state index in [1.807, 2.05) is 13.0 Å². The third-order valence-corrected chi connectivity index (χ3v) is 3.71. The highest BCUT2D eigenvalue weighted by Gasteiger charge is 2.05. The summed E-state index contributed by atoms with van der Waals surface area (Å²) in [7, 11) is 0. The molecule has 0 unspecified atom stereocenters. The molecule has 0 radical (unpaired) electrons. The number of aryl methyl sites for hydroxylation is 1. The molecule has 2 heterocycles. The molecular weight excluding hydrogens is 258 g/mol. The van der Waals surface area contributed by atoms with E-state index in [1.165, 1.54) is 10.4 Å². The van der Waals surface area contributed by atoms with Crippen LogP contribution in [0.25, 0.3) is 0 Å². The standard InChI is InChI=1S/C13H19N5S/c1-3-9-5-6-19-10(9)8-16-12-7-11(15-4-2)17-13(14)18-12/h5-7H,3-4,8H2,1-2H3,(H4,14,15,16,17,18). The Hall–Kier alpha value is -1.82. The first-order valence-electron chi connectivity index (χ1n) is 6.40. The smallest absolute Gasteiger partial charge is 0.223 e. The first kappa shape index (κ1) is 13.6. The summed E-state index contributed by atoms with van der Waals surface area (Å²) < 4.78 is 0. The van der Waals surface area contributed by atoms with Gasteiger partial charge in [-0.25, -0.2) is 0 Å². The number of nitrogens with zero attached hydrogens (tertiary/aromatic N) is 2. The van der Waals surface area contributed by atoms with E-state index >= 15 is 0 Å². The summed E-state index contributed by atoms with van der Waals surface area (Å²) in [6.07, 6.45) is 1.05. The summed E-state index contributed by atoms with van der Waals surface area (Å²) >= 11 is 1.76. The fourth-order valence-electron chi connectivity index (χ4n) is 1.84. The number of rotatable bonds is 6. The van der Waals surface area contributed by atoms with E-state index in [4.69, 9.17) is 5.73 Å². The first-order valence-corrected chi connectivity index (χ1v) is 7.28. The van der Waals surface area contributed by atoms with Gasteiger partial charge in [0.15, 0.2) is 0 Å². The Morgan fingerprint density at radius 3 is 2.63 bits per heavy atom. The average Bonchev–Trinajstić information content (AvgIpc) is 2.83. The molecule has 0 bridgehead atoms. The Kier molecular flexibility index (Phi) is 4.57. The zero-order chi connectivity index (χ0) is 13.7. The summed E-state index contributed by atoms with van der Waals surface area (Å²) in [6.45, 7) is 5.76. The van der Waals surface area contributed by atoms with Gasteiger partial charge in [-0.3, -0.25) is 0 Å². The van der Waals surface area contributed by atoms with Gasteiger partial charge in [0.05, 0.1) is 6.54 Å². The maximum Gasteiger partial charge on any atom is 0.223 e. The molecule has 4 N–H and O–H groups in total. The molecule has 0 aliphatic carbocycles. The zero-order valence-corrected chi connectivity index (χ0v) is 12.0. The van der Waals surface area contributed by atoms with Gasteiger partial charge >= 0.3 is 0 Å². The molecule has 2 rings (SSSR count). The molecule has 2 aromatic rings. The van der Waals surface area contributed by atoms with Gasteiger partial charge in [0.2, 0.25) is 5.95 Å². The van der Waals surface area contributed by atoms with E-state index in [1.54, 1.807) is 11.3 Å². The number of nitrogens with one attached hydrogen (secondary N) is 2.